The van der Waals surface area contributed by atoms with Crippen LogP contribution in [0.3, 0.4) is 0 Å². The number of rotatable bonds is 5. The van der Waals surface area contributed by atoms with Crippen LogP contribution in [0.2, 0.25) is 0 Å². The van der Waals surface area contributed by atoms with Crippen LogP contribution in [-0.4, -0.2) is 34.1 Å². The molecule has 5 nitrogen and oxygen atoms in total. The molecule has 2 rings (SSSR count). The van der Waals surface area contributed by atoms with Crippen LogP contribution in [0, 0.1) is 0 Å². The molecule has 1 unspecified atom stereocenters. The summed E-state index contributed by atoms with van der Waals surface area (Å²) in [6.45, 7) is 1.78. The highest BCUT2D eigenvalue weighted by atomic mass is 16.4. The number of carbonyl (C=O) groups is 2. The van der Waals surface area contributed by atoms with E-state index in [0.717, 1.165) is 12.8 Å². The molecule has 1 aromatic rings. The summed E-state index contributed by atoms with van der Waals surface area (Å²) in [6, 6.07) is 8.05. The molecule has 0 radical (unpaired) electrons. The Balaban J connectivity index is 2.11. The molecule has 5 heteroatoms. The van der Waals surface area contributed by atoms with Crippen molar-refractivity contribution in [3.8, 4) is 0 Å². The van der Waals surface area contributed by atoms with E-state index in [9.17, 15) is 14.7 Å². The average Bonchev–Trinajstić information content (AvgIpc) is 3.20. The van der Waals surface area contributed by atoms with E-state index in [0.29, 0.717) is 12.1 Å². The van der Waals surface area contributed by atoms with E-state index in [4.69, 9.17) is 0 Å². The maximum Gasteiger partial charge on any atom is 0.326 e. The van der Waals surface area contributed by atoms with Crippen LogP contribution in [0.4, 0.5) is 10.5 Å². The summed E-state index contributed by atoms with van der Waals surface area (Å²) >= 11 is 0. The largest absolute Gasteiger partial charge is 0.480 e. The second kappa shape index (κ2) is 5.73. The molecule has 1 atom stereocenters. The van der Waals surface area contributed by atoms with Crippen molar-refractivity contribution in [2.45, 2.75) is 38.3 Å². The van der Waals surface area contributed by atoms with E-state index in [1.807, 2.05) is 18.2 Å². The highest BCUT2D eigenvalue weighted by Crippen LogP contribution is 2.30. The van der Waals surface area contributed by atoms with Crippen molar-refractivity contribution in [3.63, 3.8) is 0 Å². The third-order valence-electron chi connectivity index (χ3n) is 3.21. The van der Waals surface area contributed by atoms with Crippen LogP contribution in [0.5, 0.6) is 0 Å². The topological polar surface area (TPSA) is 69.6 Å². The van der Waals surface area contributed by atoms with Crippen molar-refractivity contribution in [2.75, 3.05) is 5.32 Å². The Hall–Kier alpha value is -2.04. The van der Waals surface area contributed by atoms with E-state index < -0.39 is 12.0 Å². The second-order valence-electron chi connectivity index (χ2n) is 4.70. The molecule has 0 heterocycles. The van der Waals surface area contributed by atoms with E-state index in [1.54, 1.807) is 19.1 Å². The van der Waals surface area contributed by atoms with Gasteiger partial charge in [-0.1, -0.05) is 25.1 Å². The number of nitrogens with one attached hydrogen (secondary N) is 1. The van der Waals surface area contributed by atoms with Crippen LogP contribution in [-0.2, 0) is 4.79 Å². The molecule has 0 spiro atoms. The van der Waals surface area contributed by atoms with Gasteiger partial charge >= 0.3 is 12.0 Å². The van der Waals surface area contributed by atoms with Gasteiger partial charge in [0.15, 0.2) is 0 Å². The first kappa shape index (κ1) is 13.4. The molecular formula is C14H18N2O3. The Morgan fingerprint density at radius 2 is 2.00 bits per heavy atom. The highest BCUT2D eigenvalue weighted by Gasteiger charge is 2.39. The van der Waals surface area contributed by atoms with Crippen LogP contribution < -0.4 is 5.32 Å². The lowest BCUT2D eigenvalue weighted by Gasteiger charge is -2.28. The van der Waals surface area contributed by atoms with Gasteiger partial charge in [0.25, 0.3) is 0 Å². The maximum absolute atomic E-state index is 12.3. The van der Waals surface area contributed by atoms with Gasteiger partial charge in [0.05, 0.1) is 0 Å². The van der Waals surface area contributed by atoms with Gasteiger partial charge in [0.1, 0.15) is 6.04 Å². The van der Waals surface area contributed by atoms with E-state index in [1.165, 1.54) is 4.90 Å². The molecule has 2 N–H and O–H groups in total. The fraction of sp³-hybridized carbons (Fsp3) is 0.429. The number of carboxylic acids is 1. The Morgan fingerprint density at radius 1 is 1.37 bits per heavy atom. The van der Waals surface area contributed by atoms with Crippen LogP contribution in [0.15, 0.2) is 30.3 Å². The monoisotopic (exact) mass is 262 g/mol. The summed E-state index contributed by atoms with van der Waals surface area (Å²) in [5, 5.41) is 12.0. The van der Waals surface area contributed by atoms with Crippen molar-refractivity contribution in [2.24, 2.45) is 0 Å². The minimum absolute atomic E-state index is 0.0600. The summed E-state index contributed by atoms with van der Waals surface area (Å²) in [7, 11) is 0. The number of carboxylic acid groups (broad SMARTS) is 1. The van der Waals surface area contributed by atoms with Crippen LogP contribution >= 0.6 is 0 Å². The SMILES string of the molecule is CCC(C(=O)O)N(C(=O)Nc1ccccc1)C1CC1. The molecule has 2 amide bonds. The quantitative estimate of drug-likeness (QED) is 0.856. The number of anilines is 1. The lowest BCUT2D eigenvalue weighted by Crippen LogP contribution is -2.48. The van der Waals surface area contributed by atoms with E-state index >= 15 is 0 Å². The maximum atomic E-state index is 12.3. The highest BCUT2D eigenvalue weighted by molar-refractivity contribution is 5.92. The summed E-state index contributed by atoms with van der Waals surface area (Å²) in [5.74, 6) is -0.947. The zero-order chi connectivity index (χ0) is 13.8. The van der Waals surface area contributed by atoms with Gasteiger partial charge in [-0.3, -0.25) is 0 Å². The number of hydrogen-bond acceptors (Lipinski definition) is 2. The Kier molecular flexibility index (Phi) is 4.04. The zero-order valence-corrected chi connectivity index (χ0v) is 10.9. The first-order chi connectivity index (χ1) is 9.13. The third kappa shape index (κ3) is 3.24. The molecular weight excluding hydrogens is 244 g/mol. The summed E-state index contributed by atoms with van der Waals surface area (Å²) in [4.78, 5) is 25.0. The first-order valence-corrected chi connectivity index (χ1v) is 6.50. The molecule has 1 fully saturated rings. The van der Waals surface area contributed by atoms with Gasteiger partial charge in [-0.05, 0) is 31.4 Å². The number of hydrogen-bond donors (Lipinski definition) is 2. The van der Waals surface area contributed by atoms with Gasteiger partial charge in [0, 0.05) is 11.7 Å². The molecule has 1 aliphatic rings. The fourth-order valence-electron chi connectivity index (χ4n) is 2.11. The Bertz CT molecular complexity index is 457. The third-order valence-corrected chi connectivity index (χ3v) is 3.21. The molecule has 0 aliphatic heterocycles. The van der Waals surface area contributed by atoms with Gasteiger partial charge in [-0.25, -0.2) is 9.59 Å². The minimum Gasteiger partial charge on any atom is -0.480 e. The zero-order valence-electron chi connectivity index (χ0n) is 10.9. The van der Waals surface area contributed by atoms with Gasteiger partial charge in [0.2, 0.25) is 0 Å². The number of nitrogens with zero attached hydrogens (tertiary/aromatic N) is 1. The Labute approximate surface area is 112 Å². The second-order valence-corrected chi connectivity index (χ2v) is 4.70. The number of aliphatic carboxylic acids is 1. The standard InChI is InChI=1S/C14H18N2O3/c1-2-12(13(17)18)16(11-8-9-11)14(19)15-10-6-4-3-5-7-10/h3-7,11-12H,2,8-9H2,1H3,(H,15,19)(H,17,18). The lowest BCUT2D eigenvalue weighted by atomic mass is 10.2. The smallest absolute Gasteiger partial charge is 0.326 e. The molecule has 102 valence electrons. The van der Waals surface area contributed by atoms with Gasteiger partial charge in [-0.15, -0.1) is 0 Å². The molecule has 1 saturated carbocycles. The molecule has 1 aliphatic carbocycles. The summed E-state index contributed by atoms with van der Waals surface area (Å²) < 4.78 is 0. The number of amides is 2. The number of para-hydroxylation sites is 1. The molecule has 19 heavy (non-hydrogen) atoms. The van der Waals surface area contributed by atoms with Crippen molar-refractivity contribution in [1.29, 1.82) is 0 Å². The molecule has 0 aromatic heterocycles. The van der Waals surface area contributed by atoms with Gasteiger partial charge < -0.3 is 15.3 Å². The molecule has 0 bridgehead atoms. The predicted octanol–water partition coefficient (Wildman–Crippen LogP) is 2.55. The number of benzene rings is 1. The van der Waals surface area contributed by atoms with Crippen molar-refractivity contribution in [3.05, 3.63) is 30.3 Å². The van der Waals surface area contributed by atoms with Crippen LogP contribution in [0.25, 0.3) is 0 Å². The average molecular weight is 262 g/mol. The summed E-state index contributed by atoms with van der Waals surface area (Å²) in [6.07, 6.45) is 2.17. The van der Waals surface area contributed by atoms with E-state index in [-0.39, 0.29) is 12.1 Å². The fourth-order valence-corrected chi connectivity index (χ4v) is 2.11. The lowest BCUT2D eigenvalue weighted by molar-refractivity contribution is -0.142. The predicted molar refractivity (Wildman–Crippen MR) is 72.0 cm³/mol. The normalized spacial score (nSPS) is 15.6. The van der Waals surface area contributed by atoms with Crippen LogP contribution in [0.1, 0.15) is 26.2 Å². The number of carbonyl (C=O) groups excluding carboxylic acids is 1. The van der Waals surface area contributed by atoms with Crippen molar-refractivity contribution >= 4 is 17.7 Å². The van der Waals surface area contributed by atoms with Gasteiger partial charge in [-0.2, -0.15) is 0 Å². The molecule has 1 aromatic carbocycles. The summed E-state index contributed by atoms with van der Waals surface area (Å²) in [5.41, 5.74) is 0.679. The van der Waals surface area contributed by atoms with Crippen molar-refractivity contribution in [1.82, 2.24) is 4.90 Å². The first-order valence-electron chi connectivity index (χ1n) is 6.50. The molecule has 0 saturated heterocycles. The van der Waals surface area contributed by atoms with Crippen molar-refractivity contribution < 1.29 is 14.7 Å². The Morgan fingerprint density at radius 3 is 2.47 bits per heavy atom. The number of urea groups is 1. The minimum atomic E-state index is -0.947. The van der Waals surface area contributed by atoms with E-state index in [2.05, 4.69) is 5.32 Å².